The molecule has 0 saturated carbocycles. The van der Waals surface area contributed by atoms with Crippen molar-refractivity contribution in [3.8, 4) is 11.5 Å². The Labute approximate surface area is 90.6 Å². The number of nitrogens with zero attached hydrogens (tertiary/aromatic N) is 1. The maximum atomic E-state index is 6.97. The van der Waals surface area contributed by atoms with E-state index < -0.39 is 0 Å². The first-order chi connectivity index (χ1) is 6.72. The summed E-state index contributed by atoms with van der Waals surface area (Å²) in [4.78, 5) is 3.47. The Balaban J connectivity index is 2.48. The molecule has 0 spiro atoms. The Bertz CT molecular complexity index is 411. The average molecular weight is 254 g/mol. The van der Waals surface area contributed by atoms with Crippen LogP contribution in [-0.2, 0) is 0 Å². The van der Waals surface area contributed by atoms with E-state index in [0.29, 0.717) is 0 Å². The van der Waals surface area contributed by atoms with E-state index in [-0.39, 0.29) is 12.8 Å². The molecule has 0 amide bonds. The van der Waals surface area contributed by atoms with E-state index >= 15 is 0 Å². The Hall–Kier alpha value is -1.21. The van der Waals surface area contributed by atoms with Gasteiger partial charge in [0.2, 0.25) is 12.8 Å². The predicted molar refractivity (Wildman–Crippen MR) is 55.3 cm³/mol. The normalized spacial score (nSPS) is 14.9. The molecule has 1 heterocycles. The molecule has 1 atom stereocenters. The maximum Gasteiger partial charge on any atom is 0.247 e. The van der Waals surface area contributed by atoms with Crippen molar-refractivity contribution in [2.75, 3.05) is 6.79 Å². The quantitative estimate of drug-likeness (QED) is 0.718. The lowest BCUT2D eigenvalue weighted by molar-refractivity contribution is 0.174. The van der Waals surface area contributed by atoms with Gasteiger partial charge in [0.25, 0.3) is 0 Å². The van der Waals surface area contributed by atoms with Crippen molar-refractivity contribution in [1.82, 2.24) is 0 Å². The number of hydrogen-bond donors (Lipinski definition) is 0. The van der Waals surface area contributed by atoms with Crippen LogP contribution in [0.4, 0.5) is 0 Å². The van der Waals surface area contributed by atoms with Crippen LogP contribution < -0.4 is 9.47 Å². The van der Waals surface area contributed by atoms with Crippen LogP contribution in [0, 0.1) is 6.57 Å². The molecular weight excluding hydrogens is 246 g/mol. The first kappa shape index (κ1) is 9.35. The molecule has 4 heteroatoms. The predicted octanol–water partition coefficient (Wildman–Crippen LogP) is 3.16. The monoisotopic (exact) mass is 253 g/mol. The SMILES string of the molecule is [C-]#[N+]C(C)c1cc2c(cc1Br)OCO2. The molecule has 72 valence electrons. The highest BCUT2D eigenvalue weighted by atomic mass is 79.9. The second-order valence-electron chi connectivity index (χ2n) is 3.03. The van der Waals surface area contributed by atoms with Crippen LogP contribution in [0.1, 0.15) is 18.5 Å². The number of rotatable bonds is 1. The van der Waals surface area contributed by atoms with Gasteiger partial charge in [-0.25, -0.2) is 6.57 Å². The van der Waals surface area contributed by atoms with Crippen molar-refractivity contribution < 1.29 is 9.47 Å². The molecule has 0 fully saturated rings. The summed E-state index contributed by atoms with van der Waals surface area (Å²) in [5, 5.41) is 0. The second kappa shape index (κ2) is 3.50. The van der Waals surface area contributed by atoms with Crippen molar-refractivity contribution in [3.63, 3.8) is 0 Å². The van der Waals surface area contributed by atoms with Gasteiger partial charge in [0.05, 0.1) is 5.56 Å². The van der Waals surface area contributed by atoms with Gasteiger partial charge in [0.15, 0.2) is 11.5 Å². The molecule has 0 aliphatic carbocycles. The minimum Gasteiger partial charge on any atom is -0.454 e. The second-order valence-corrected chi connectivity index (χ2v) is 3.89. The molecule has 3 nitrogen and oxygen atoms in total. The van der Waals surface area contributed by atoms with Gasteiger partial charge < -0.3 is 14.3 Å². The maximum absolute atomic E-state index is 6.97. The minimum atomic E-state index is -0.168. The largest absolute Gasteiger partial charge is 0.454 e. The first-order valence-corrected chi connectivity index (χ1v) is 4.97. The van der Waals surface area contributed by atoms with Gasteiger partial charge in [-0.2, -0.15) is 0 Å². The van der Waals surface area contributed by atoms with Crippen molar-refractivity contribution in [2.45, 2.75) is 13.0 Å². The zero-order chi connectivity index (χ0) is 10.1. The summed E-state index contributed by atoms with van der Waals surface area (Å²) >= 11 is 3.41. The fraction of sp³-hybridized carbons (Fsp3) is 0.300. The van der Waals surface area contributed by atoms with Gasteiger partial charge in [0, 0.05) is 11.4 Å². The molecule has 0 radical (unpaired) electrons. The zero-order valence-corrected chi connectivity index (χ0v) is 9.17. The number of hydrogen-bond acceptors (Lipinski definition) is 2. The molecular formula is C10H8BrNO2. The highest BCUT2D eigenvalue weighted by molar-refractivity contribution is 9.10. The van der Waals surface area contributed by atoms with Crippen LogP contribution in [-0.4, -0.2) is 6.79 Å². The third kappa shape index (κ3) is 1.44. The number of ether oxygens (including phenoxy) is 2. The Morgan fingerprint density at radius 3 is 2.71 bits per heavy atom. The molecule has 1 aliphatic heterocycles. The van der Waals surface area contributed by atoms with E-state index in [2.05, 4.69) is 20.8 Å². The average Bonchev–Trinajstić information content (AvgIpc) is 2.62. The molecule has 0 aromatic heterocycles. The van der Waals surface area contributed by atoms with E-state index in [9.17, 15) is 0 Å². The highest BCUT2D eigenvalue weighted by Crippen LogP contribution is 2.39. The number of benzene rings is 1. The van der Waals surface area contributed by atoms with Gasteiger partial charge in [-0.1, -0.05) is 15.9 Å². The fourth-order valence-corrected chi connectivity index (χ4v) is 1.98. The van der Waals surface area contributed by atoms with Gasteiger partial charge in [-0.15, -0.1) is 0 Å². The summed E-state index contributed by atoms with van der Waals surface area (Å²) in [6.45, 7) is 9.09. The molecule has 2 rings (SSSR count). The summed E-state index contributed by atoms with van der Waals surface area (Å²) in [7, 11) is 0. The fourth-order valence-electron chi connectivity index (χ4n) is 1.32. The molecule has 1 aliphatic rings. The highest BCUT2D eigenvalue weighted by Gasteiger charge is 2.20. The molecule has 0 bridgehead atoms. The third-order valence-corrected chi connectivity index (χ3v) is 2.82. The minimum absolute atomic E-state index is 0.168. The van der Waals surface area contributed by atoms with Crippen LogP contribution >= 0.6 is 15.9 Å². The van der Waals surface area contributed by atoms with E-state index in [1.54, 1.807) is 0 Å². The topological polar surface area (TPSA) is 22.8 Å². The van der Waals surface area contributed by atoms with Crippen molar-refractivity contribution in [1.29, 1.82) is 0 Å². The van der Waals surface area contributed by atoms with Gasteiger partial charge in [0.1, 0.15) is 0 Å². The zero-order valence-electron chi connectivity index (χ0n) is 7.58. The van der Waals surface area contributed by atoms with Crippen molar-refractivity contribution in [2.24, 2.45) is 0 Å². The van der Waals surface area contributed by atoms with Crippen molar-refractivity contribution in [3.05, 3.63) is 33.6 Å². The first-order valence-electron chi connectivity index (χ1n) is 4.18. The molecule has 14 heavy (non-hydrogen) atoms. The molecule has 0 N–H and O–H groups in total. The lowest BCUT2D eigenvalue weighted by Gasteiger charge is -2.04. The standard InChI is InChI=1S/C10H8BrNO2/c1-6(12-2)7-3-9-10(4-8(7)11)14-5-13-9/h3-4,6H,5H2,1H3. The smallest absolute Gasteiger partial charge is 0.247 e. The molecule has 1 unspecified atom stereocenters. The number of fused-ring (bicyclic) bond motifs is 1. The van der Waals surface area contributed by atoms with Crippen LogP contribution in [0.3, 0.4) is 0 Å². The van der Waals surface area contributed by atoms with Crippen LogP contribution in [0.5, 0.6) is 11.5 Å². The van der Waals surface area contributed by atoms with Gasteiger partial charge >= 0.3 is 0 Å². The van der Waals surface area contributed by atoms with E-state index in [0.717, 1.165) is 21.5 Å². The number of halogens is 1. The van der Waals surface area contributed by atoms with Crippen LogP contribution in [0.2, 0.25) is 0 Å². The lowest BCUT2D eigenvalue weighted by atomic mass is 10.1. The Morgan fingerprint density at radius 2 is 2.07 bits per heavy atom. The van der Waals surface area contributed by atoms with Crippen LogP contribution in [0.15, 0.2) is 16.6 Å². The van der Waals surface area contributed by atoms with E-state index in [1.807, 2.05) is 19.1 Å². The molecule has 1 aromatic rings. The Morgan fingerprint density at radius 1 is 1.43 bits per heavy atom. The summed E-state index contributed by atoms with van der Waals surface area (Å²) in [5.41, 5.74) is 0.934. The molecule has 1 aromatic carbocycles. The lowest BCUT2D eigenvalue weighted by Crippen LogP contribution is -1.93. The van der Waals surface area contributed by atoms with Gasteiger partial charge in [-0.3, -0.25) is 0 Å². The molecule has 0 saturated heterocycles. The Kier molecular flexibility index (Phi) is 2.34. The summed E-state index contributed by atoms with van der Waals surface area (Å²) < 4.78 is 11.4. The van der Waals surface area contributed by atoms with Crippen molar-refractivity contribution >= 4 is 15.9 Å². The van der Waals surface area contributed by atoms with E-state index in [1.165, 1.54) is 0 Å². The summed E-state index contributed by atoms with van der Waals surface area (Å²) in [6.07, 6.45) is 0. The summed E-state index contributed by atoms with van der Waals surface area (Å²) in [6, 6.07) is 3.54. The van der Waals surface area contributed by atoms with Gasteiger partial charge in [-0.05, 0) is 12.1 Å². The third-order valence-electron chi connectivity index (χ3n) is 2.14. The van der Waals surface area contributed by atoms with E-state index in [4.69, 9.17) is 16.0 Å². The van der Waals surface area contributed by atoms with Crippen LogP contribution in [0.25, 0.3) is 4.85 Å². The summed E-state index contributed by atoms with van der Waals surface area (Å²) in [5.74, 6) is 1.46.